The van der Waals surface area contributed by atoms with Gasteiger partial charge in [-0.2, -0.15) is 0 Å². The highest BCUT2D eigenvalue weighted by Crippen LogP contribution is 2.28. The van der Waals surface area contributed by atoms with E-state index in [0.717, 1.165) is 12.1 Å². The number of nitrogens with zero attached hydrogens (tertiary/aromatic N) is 1. The Kier molecular flexibility index (Phi) is 9.23. The maximum atomic E-state index is 14.3. The van der Waals surface area contributed by atoms with E-state index in [0.29, 0.717) is 11.1 Å². The van der Waals surface area contributed by atoms with E-state index in [1.807, 2.05) is 0 Å². The van der Waals surface area contributed by atoms with Crippen molar-refractivity contribution in [3.8, 4) is 0 Å². The summed E-state index contributed by atoms with van der Waals surface area (Å²) in [4.78, 5) is 17.5. The molecule has 0 atom stereocenters. The monoisotopic (exact) mass is 473 g/mol. The molecule has 0 aliphatic heterocycles. The van der Waals surface area contributed by atoms with Gasteiger partial charge in [0, 0.05) is 28.3 Å². The van der Waals surface area contributed by atoms with Crippen LogP contribution in [-0.4, -0.2) is 39.6 Å². The normalized spacial score (nSPS) is 12.0. The first-order valence-corrected chi connectivity index (χ1v) is 9.51. The molecule has 31 heavy (non-hydrogen) atoms. The van der Waals surface area contributed by atoms with E-state index in [1.165, 1.54) is 27.6 Å². The van der Waals surface area contributed by atoms with Gasteiger partial charge in [-0.1, -0.05) is 40.5 Å². The standard InChI is InChI=1S/C21H19Cl2F2NO5/c1-28-9-15(21(27)30-3)13-5-4-6-16(23)14(13)10-31-26-19(11-29-2)20-17(24)7-12(22)8-18(20)25/h4-9H,10-11H2,1-3H3/b15-9+,26-19+. The Morgan fingerprint density at radius 2 is 1.81 bits per heavy atom. The smallest absolute Gasteiger partial charge is 0.341 e. The minimum absolute atomic E-state index is 0.0991. The Morgan fingerprint density at radius 3 is 2.39 bits per heavy atom. The van der Waals surface area contributed by atoms with Crippen LogP contribution in [0.4, 0.5) is 8.78 Å². The van der Waals surface area contributed by atoms with Crippen LogP contribution >= 0.6 is 23.2 Å². The van der Waals surface area contributed by atoms with Crippen LogP contribution in [0.1, 0.15) is 16.7 Å². The van der Waals surface area contributed by atoms with Gasteiger partial charge < -0.3 is 19.0 Å². The summed E-state index contributed by atoms with van der Waals surface area (Å²) in [5, 5.41) is 4.00. The summed E-state index contributed by atoms with van der Waals surface area (Å²) < 4.78 is 43.3. The molecule has 6 nitrogen and oxygen atoms in total. The van der Waals surface area contributed by atoms with Crippen LogP contribution in [0.3, 0.4) is 0 Å². The highest BCUT2D eigenvalue weighted by molar-refractivity contribution is 6.32. The van der Waals surface area contributed by atoms with Gasteiger partial charge in [-0.25, -0.2) is 13.6 Å². The largest absolute Gasteiger partial charge is 0.503 e. The van der Waals surface area contributed by atoms with Gasteiger partial charge >= 0.3 is 5.97 Å². The van der Waals surface area contributed by atoms with Crippen LogP contribution in [0.25, 0.3) is 5.57 Å². The van der Waals surface area contributed by atoms with Crippen molar-refractivity contribution in [1.29, 1.82) is 0 Å². The first-order valence-electron chi connectivity index (χ1n) is 8.75. The maximum absolute atomic E-state index is 14.3. The van der Waals surface area contributed by atoms with Crippen molar-refractivity contribution in [3.63, 3.8) is 0 Å². The van der Waals surface area contributed by atoms with Crippen LogP contribution in [-0.2, 0) is 30.4 Å². The zero-order chi connectivity index (χ0) is 23.0. The Balaban J connectivity index is 2.40. The van der Waals surface area contributed by atoms with Gasteiger partial charge in [-0.05, 0) is 18.2 Å². The molecule has 0 saturated heterocycles. The van der Waals surface area contributed by atoms with Gasteiger partial charge in [0.15, 0.2) is 0 Å². The fourth-order valence-electron chi connectivity index (χ4n) is 2.68. The third-order valence-corrected chi connectivity index (χ3v) is 4.58. The van der Waals surface area contributed by atoms with E-state index in [9.17, 15) is 13.6 Å². The summed E-state index contributed by atoms with van der Waals surface area (Å²) in [5.74, 6) is -2.49. The van der Waals surface area contributed by atoms with Gasteiger partial charge in [0.25, 0.3) is 0 Å². The molecule has 2 aromatic carbocycles. The van der Waals surface area contributed by atoms with Crippen LogP contribution < -0.4 is 0 Å². The third-order valence-electron chi connectivity index (χ3n) is 4.01. The molecule has 0 aliphatic carbocycles. The molecular weight excluding hydrogens is 455 g/mol. The number of halogens is 4. The van der Waals surface area contributed by atoms with Gasteiger partial charge in [0.2, 0.25) is 0 Å². The predicted molar refractivity (Wildman–Crippen MR) is 113 cm³/mol. The molecule has 0 aliphatic rings. The number of rotatable bonds is 9. The molecule has 2 rings (SSSR count). The Labute approximate surface area is 187 Å². The van der Waals surface area contributed by atoms with Crippen LogP contribution in [0, 0.1) is 11.6 Å². The predicted octanol–water partition coefficient (Wildman–Crippen LogP) is 5.00. The fourth-order valence-corrected chi connectivity index (χ4v) is 3.10. The molecule has 0 spiro atoms. The minimum Gasteiger partial charge on any atom is -0.503 e. The number of hydrogen-bond acceptors (Lipinski definition) is 6. The van der Waals surface area contributed by atoms with Crippen molar-refractivity contribution in [2.24, 2.45) is 5.16 Å². The number of ether oxygens (including phenoxy) is 3. The molecule has 0 heterocycles. The number of benzene rings is 2. The number of carbonyl (C=O) groups is 1. The molecule has 0 aromatic heterocycles. The summed E-state index contributed by atoms with van der Waals surface area (Å²) in [6, 6.07) is 6.74. The first-order chi connectivity index (χ1) is 14.8. The molecule has 2 aromatic rings. The second-order valence-electron chi connectivity index (χ2n) is 6.01. The molecule has 0 unspecified atom stereocenters. The lowest BCUT2D eigenvalue weighted by Crippen LogP contribution is -2.14. The maximum Gasteiger partial charge on any atom is 0.341 e. The second-order valence-corrected chi connectivity index (χ2v) is 6.86. The number of methoxy groups -OCH3 is 3. The van der Waals surface area contributed by atoms with Crippen molar-refractivity contribution >= 4 is 40.5 Å². The lowest BCUT2D eigenvalue weighted by atomic mass is 10.0. The van der Waals surface area contributed by atoms with Crippen molar-refractivity contribution in [2.45, 2.75) is 6.61 Å². The molecule has 0 radical (unpaired) electrons. The van der Waals surface area contributed by atoms with E-state index in [-0.39, 0.29) is 34.5 Å². The van der Waals surface area contributed by atoms with Crippen molar-refractivity contribution in [1.82, 2.24) is 0 Å². The Morgan fingerprint density at radius 1 is 1.13 bits per heavy atom. The zero-order valence-electron chi connectivity index (χ0n) is 16.9. The van der Waals surface area contributed by atoms with Gasteiger partial charge in [0.1, 0.15) is 29.5 Å². The van der Waals surface area contributed by atoms with Crippen LogP contribution in [0.2, 0.25) is 10.0 Å². The zero-order valence-corrected chi connectivity index (χ0v) is 18.4. The van der Waals surface area contributed by atoms with E-state index in [1.54, 1.807) is 18.2 Å². The number of hydrogen-bond donors (Lipinski definition) is 0. The van der Waals surface area contributed by atoms with Crippen LogP contribution in [0.5, 0.6) is 0 Å². The topological polar surface area (TPSA) is 66.4 Å². The summed E-state index contributed by atoms with van der Waals surface area (Å²) in [7, 11) is 3.94. The summed E-state index contributed by atoms with van der Waals surface area (Å²) in [6.07, 6.45) is 1.21. The average molecular weight is 474 g/mol. The number of esters is 1. The summed E-state index contributed by atoms with van der Waals surface area (Å²) >= 11 is 11.9. The molecule has 0 saturated carbocycles. The molecule has 0 bridgehead atoms. The van der Waals surface area contributed by atoms with Crippen molar-refractivity contribution in [2.75, 3.05) is 27.9 Å². The first kappa shape index (κ1) is 24.6. The van der Waals surface area contributed by atoms with Gasteiger partial charge in [0.05, 0.1) is 32.7 Å². The number of carbonyl (C=O) groups excluding carboxylic acids is 1. The van der Waals surface area contributed by atoms with Gasteiger partial charge in [-0.15, -0.1) is 0 Å². The minimum atomic E-state index is -0.918. The van der Waals surface area contributed by atoms with Crippen LogP contribution in [0.15, 0.2) is 41.7 Å². The molecule has 0 amide bonds. The Bertz CT molecular complexity index is 988. The van der Waals surface area contributed by atoms with Crippen molar-refractivity contribution in [3.05, 3.63) is 75.0 Å². The number of oxime groups is 1. The van der Waals surface area contributed by atoms with E-state index < -0.39 is 23.2 Å². The molecular formula is C21H19Cl2F2NO5. The average Bonchev–Trinajstić information content (AvgIpc) is 2.72. The second kappa shape index (κ2) is 11.6. The SMILES string of the molecule is CO/C=C(/C(=O)OC)c1cccc(Cl)c1CO/N=C(\COC)c1c(F)cc(Cl)cc1F. The molecule has 0 fully saturated rings. The third kappa shape index (κ3) is 6.16. The highest BCUT2D eigenvalue weighted by Gasteiger charge is 2.20. The molecule has 10 heteroatoms. The Hall–Kier alpha value is -2.68. The molecule has 0 N–H and O–H groups in total. The summed E-state index contributed by atoms with van der Waals surface area (Å²) in [5.41, 5.74) is 0.300. The summed E-state index contributed by atoms with van der Waals surface area (Å²) in [6.45, 7) is -0.459. The lowest BCUT2D eigenvalue weighted by Gasteiger charge is -2.13. The van der Waals surface area contributed by atoms with E-state index in [4.69, 9.17) is 42.3 Å². The van der Waals surface area contributed by atoms with E-state index in [2.05, 4.69) is 5.16 Å². The highest BCUT2D eigenvalue weighted by atomic mass is 35.5. The van der Waals surface area contributed by atoms with Gasteiger partial charge in [-0.3, -0.25) is 0 Å². The lowest BCUT2D eigenvalue weighted by molar-refractivity contribution is -0.133. The molecule has 166 valence electrons. The van der Waals surface area contributed by atoms with Crippen molar-refractivity contribution < 1.29 is 32.6 Å². The fraction of sp³-hybridized carbons (Fsp3) is 0.238. The quantitative estimate of drug-likeness (QED) is 0.168. The van der Waals surface area contributed by atoms with E-state index >= 15 is 0 Å².